The molecule has 2 heterocycles. The third kappa shape index (κ3) is 3.41. The fourth-order valence-electron chi connectivity index (χ4n) is 3.03. The molecule has 1 aromatic carbocycles. The number of pyridine rings is 1. The second-order valence-corrected chi connectivity index (χ2v) is 8.23. The molecule has 1 saturated heterocycles. The number of nitrogens with zero attached hydrogens (tertiary/aromatic N) is 2. The Hall–Kier alpha value is -1.25. The number of nitrogens with two attached hydrogens (primary N) is 1. The molecular weight excluding hydrogens is 348 g/mol. The van der Waals surface area contributed by atoms with Crippen molar-refractivity contribution in [2.75, 3.05) is 26.2 Å². The highest BCUT2D eigenvalue weighted by atomic mass is 35.5. The normalized spacial score (nSPS) is 19.2. The average molecular weight is 369 g/mol. The van der Waals surface area contributed by atoms with E-state index < -0.39 is 10.0 Å². The Balaban J connectivity index is 1.87. The van der Waals surface area contributed by atoms with Crippen LogP contribution in [0.5, 0.6) is 0 Å². The van der Waals surface area contributed by atoms with Crippen LogP contribution in [0.1, 0.15) is 12.8 Å². The Labute approximate surface area is 147 Å². The molecular formula is C16H21ClN4O2S. The van der Waals surface area contributed by atoms with Gasteiger partial charge in [0.25, 0.3) is 0 Å². The van der Waals surface area contributed by atoms with Crippen LogP contribution < -0.4 is 11.1 Å². The van der Waals surface area contributed by atoms with Gasteiger partial charge >= 0.3 is 0 Å². The topological polar surface area (TPSA) is 88.3 Å². The number of nitrogens with one attached hydrogen (secondary N) is 1. The van der Waals surface area contributed by atoms with E-state index in [4.69, 9.17) is 17.3 Å². The Kier molecular flexibility index (Phi) is 5.36. The first-order valence-electron chi connectivity index (χ1n) is 8.00. The second-order valence-electron chi connectivity index (χ2n) is 5.92. The van der Waals surface area contributed by atoms with Crippen molar-refractivity contribution in [1.82, 2.24) is 14.6 Å². The summed E-state index contributed by atoms with van der Waals surface area (Å²) < 4.78 is 27.7. The summed E-state index contributed by atoms with van der Waals surface area (Å²) in [6.45, 7) is 2.40. The molecule has 0 aliphatic carbocycles. The molecule has 1 atom stereocenters. The summed E-state index contributed by atoms with van der Waals surface area (Å²) in [5.74, 6) is 0. The van der Waals surface area contributed by atoms with Crippen molar-refractivity contribution >= 4 is 32.4 Å². The van der Waals surface area contributed by atoms with E-state index in [0.717, 1.165) is 24.8 Å². The zero-order valence-electron chi connectivity index (χ0n) is 13.3. The SMILES string of the molecule is NCCCN[C@@H]1CCN(S(=O)(=O)c2cccc3cncc(Cl)c23)C1. The third-order valence-corrected chi connectivity index (χ3v) is 6.48. The van der Waals surface area contributed by atoms with Crippen molar-refractivity contribution in [2.45, 2.75) is 23.8 Å². The van der Waals surface area contributed by atoms with Gasteiger partial charge in [0.05, 0.1) is 9.92 Å². The summed E-state index contributed by atoms with van der Waals surface area (Å²) >= 11 is 6.22. The van der Waals surface area contributed by atoms with Gasteiger partial charge in [-0.15, -0.1) is 0 Å². The Morgan fingerprint density at radius 3 is 3.00 bits per heavy atom. The molecule has 24 heavy (non-hydrogen) atoms. The zero-order chi connectivity index (χ0) is 17.2. The van der Waals surface area contributed by atoms with E-state index in [-0.39, 0.29) is 10.9 Å². The number of sulfonamides is 1. The van der Waals surface area contributed by atoms with E-state index in [1.165, 1.54) is 10.5 Å². The molecule has 0 saturated carbocycles. The van der Waals surface area contributed by atoms with Gasteiger partial charge in [-0.05, 0) is 32.0 Å². The molecule has 0 unspecified atom stereocenters. The van der Waals surface area contributed by atoms with Crippen LogP contribution in [-0.4, -0.2) is 49.9 Å². The van der Waals surface area contributed by atoms with Crippen LogP contribution in [0.4, 0.5) is 0 Å². The van der Waals surface area contributed by atoms with Gasteiger partial charge in [0.2, 0.25) is 10.0 Å². The van der Waals surface area contributed by atoms with E-state index in [2.05, 4.69) is 10.3 Å². The monoisotopic (exact) mass is 368 g/mol. The minimum atomic E-state index is -3.59. The summed E-state index contributed by atoms with van der Waals surface area (Å²) in [6, 6.07) is 5.31. The molecule has 2 aromatic rings. The molecule has 1 aliphatic rings. The molecule has 0 radical (unpaired) electrons. The first-order chi connectivity index (χ1) is 11.5. The molecule has 1 aliphatic heterocycles. The van der Waals surface area contributed by atoms with E-state index in [9.17, 15) is 8.42 Å². The fraction of sp³-hybridized carbons (Fsp3) is 0.438. The molecule has 3 N–H and O–H groups in total. The minimum Gasteiger partial charge on any atom is -0.330 e. The molecule has 1 aromatic heterocycles. The maximum Gasteiger partial charge on any atom is 0.243 e. The van der Waals surface area contributed by atoms with E-state index in [0.29, 0.717) is 30.0 Å². The standard InChI is InChI=1S/C16H21ClN4O2S/c17-14-10-19-9-12-3-1-4-15(16(12)14)24(22,23)21-8-5-13(11-21)20-7-2-6-18/h1,3-4,9-10,13,20H,2,5-8,11,18H2/t13-/m1/s1. The maximum atomic E-state index is 13.1. The smallest absolute Gasteiger partial charge is 0.243 e. The lowest BCUT2D eigenvalue weighted by Gasteiger charge is -2.18. The van der Waals surface area contributed by atoms with Crippen molar-refractivity contribution in [3.05, 3.63) is 35.6 Å². The van der Waals surface area contributed by atoms with Crippen molar-refractivity contribution in [3.8, 4) is 0 Å². The summed E-state index contributed by atoms with van der Waals surface area (Å²) in [6.07, 6.45) is 4.78. The van der Waals surface area contributed by atoms with Gasteiger partial charge in [-0.2, -0.15) is 4.31 Å². The molecule has 8 heteroatoms. The maximum absolute atomic E-state index is 13.1. The fourth-order valence-corrected chi connectivity index (χ4v) is 5.09. The molecule has 0 bridgehead atoms. The van der Waals surface area contributed by atoms with Crippen molar-refractivity contribution in [1.29, 1.82) is 0 Å². The van der Waals surface area contributed by atoms with Crippen LogP contribution in [0.15, 0.2) is 35.5 Å². The lowest BCUT2D eigenvalue weighted by Crippen LogP contribution is -2.36. The van der Waals surface area contributed by atoms with Crippen LogP contribution in [-0.2, 0) is 10.0 Å². The molecule has 3 rings (SSSR count). The largest absolute Gasteiger partial charge is 0.330 e. The predicted molar refractivity (Wildman–Crippen MR) is 95.6 cm³/mol. The van der Waals surface area contributed by atoms with Gasteiger partial charge < -0.3 is 11.1 Å². The highest BCUT2D eigenvalue weighted by molar-refractivity contribution is 7.89. The van der Waals surface area contributed by atoms with Crippen molar-refractivity contribution in [2.24, 2.45) is 5.73 Å². The molecule has 6 nitrogen and oxygen atoms in total. The molecule has 0 amide bonds. The Bertz CT molecular complexity index is 823. The van der Waals surface area contributed by atoms with Crippen LogP contribution in [0.3, 0.4) is 0 Å². The van der Waals surface area contributed by atoms with Gasteiger partial charge in [-0.25, -0.2) is 8.42 Å². The summed E-state index contributed by atoms with van der Waals surface area (Å²) in [5, 5.41) is 4.97. The summed E-state index contributed by atoms with van der Waals surface area (Å²) in [7, 11) is -3.59. The molecule has 0 spiro atoms. The van der Waals surface area contributed by atoms with E-state index in [1.807, 2.05) is 6.07 Å². The van der Waals surface area contributed by atoms with Crippen molar-refractivity contribution in [3.63, 3.8) is 0 Å². The van der Waals surface area contributed by atoms with Gasteiger partial charge in [0.15, 0.2) is 0 Å². The minimum absolute atomic E-state index is 0.165. The first-order valence-corrected chi connectivity index (χ1v) is 9.81. The lowest BCUT2D eigenvalue weighted by molar-refractivity contribution is 0.456. The van der Waals surface area contributed by atoms with Crippen LogP contribution in [0.2, 0.25) is 5.02 Å². The number of hydrogen-bond acceptors (Lipinski definition) is 5. The first kappa shape index (κ1) is 17.6. The molecule has 130 valence electrons. The Morgan fingerprint density at radius 2 is 2.21 bits per heavy atom. The van der Waals surface area contributed by atoms with Crippen molar-refractivity contribution < 1.29 is 8.42 Å². The predicted octanol–water partition coefficient (Wildman–Crippen LogP) is 1.59. The third-order valence-electron chi connectivity index (χ3n) is 4.28. The van der Waals surface area contributed by atoms with Gasteiger partial charge in [0, 0.05) is 42.3 Å². The van der Waals surface area contributed by atoms with Crippen LogP contribution >= 0.6 is 11.6 Å². The van der Waals surface area contributed by atoms with Crippen LogP contribution in [0.25, 0.3) is 10.8 Å². The second kappa shape index (κ2) is 7.33. The highest BCUT2D eigenvalue weighted by Gasteiger charge is 2.33. The number of rotatable bonds is 6. The number of halogens is 1. The lowest BCUT2D eigenvalue weighted by atomic mass is 10.2. The van der Waals surface area contributed by atoms with Gasteiger partial charge in [0.1, 0.15) is 0 Å². The zero-order valence-corrected chi connectivity index (χ0v) is 14.9. The number of aromatic nitrogens is 1. The van der Waals surface area contributed by atoms with Gasteiger partial charge in [-0.1, -0.05) is 23.7 Å². The summed E-state index contributed by atoms with van der Waals surface area (Å²) in [5.41, 5.74) is 5.49. The quantitative estimate of drug-likeness (QED) is 0.756. The van der Waals surface area contributed by atoms with E-state index >= 15 is 0 Å². The highest BCUT2D eigenvalue weighted by Crippen LogP contribution is 2.31. The number of benzene rings is 1. The van der Waals surface area contributed by atoms with Gasteiger partial charge in [-0.3, -0.25) is 4.98 Å². The van der Waals surface area contributed by atoms with Crippen LogP contribution in [0, 0.1) is 0 Å². The Morgan fingerprint density at radius 1 is 1.38 bits per heavy atom. The summed E-state index contributed by atoms with van der Waals surface area (Å²) in [4.78, 5) is 4.27. The molecule has 1 fully saturated rings. The average Bonchev–Trinajstić information content (AvgIpc) is 3.05. The number of hydrogen-bond donors (Lipinski definition) is 2. The van der Waals surface area contributed by atoms with E-state index in [1.54, 1.807) is 18.3 Å². The number of fused-ring (bicyclic) bond motifs is 1.